The highest BCUT2D eigenvalue weighted by Gasteiger charge is 2.43. The van der Waals surface area contributed by atoms with Crippen LogP contribution in [0.5, 0.6) is 0 Å². The van der Waals surface area contributed by atoms with Gasteiger partial charge in [-0.1, -0.05) is 5.16 Å². The summed E-state index contributed by atoms with van der Waals surface area (Å²) in [6.45, 7) is 3.19. The molecular formula is C11H14N2O3. The fourth-order valence-electron chi connectivity index (χ4n) is 2.56. The zero-order valence-electron chi connectivity index (χ0n) is 9.02. The molecule has 1 aromatic rings. The molecular weight excluding hydrogens is 208 g/mol. The molecule has 2 fully saturated rings. The molecule has 3 heterocycles. The zero-order valence-corrected chi connectivity index (χ0v) is 9.02. The van der Waals surface area contributed by atoms with Crippen molar-refractivity contribution in [3.8, 4) is 0 Å². The van der Waals surface area contributed by atoms with Crippen molar-refractivity contribution >= 4 is 5.91 Å². The first-order valence-electron chi connectivity index (χ1n) is 5.57. The number of carbonyl (C=O) groups excluding carboxylic acids is 1. The van der Waals surface area contributed by atoms with Gasteiger partial charge in [0.15, 0.2) is 0 Å². The first-order chi connectivity index (χ1) is 7.79. The largest absolute Gasteiger partial charge is 0.381 e. The minimum Gasteiger partial charge on any atom is -0.381 e. The van der Waals surface area contributed by atoms with Crippen molar-refractivity contribution in [1.29, 1.82) is 0 Å². The van der Waals surface area contributed by atoms with Gasteiger partial charge in [0.1, 0.15) is 0 Å². The minimum atomic E-state index is -0.0544. The van der Waals surface area contributed by atoms with E-state index in [0.717, 1.165) is 39.1 Å². The van der Waals surface area contributed by atoms with Gasteiger partial charge < -0.3 is 14.2 Å². The summed E-state index contributed by atoms with van der Waals surface area (Å²) in [5, 5.41) is 3.56. The summed E-state index contributed by atoms with van der Waals surface area (Å²) in [5.74, 6) is 0.275. The average molecular weight is 222 g/mol. The molecule has 1 amide bonds. The first-order valence-corrected chi connectivity index (χ1v) is 5.57. The third-order valence-corrected chi connectivity index (χ3v) is 3.56. The Bertz CT molecular complexity index is 382. The Kier molecular flexibility index (Phi) is 2.21. The highest BCUT2D eigenvalue weighted by Crippen LogP contribution is 2.38. The van der Waals surface area contributed by atoms with Crippen molar-refractivity contribution in [2.75, 3.05) is 26.3 Å². The van der Waals surface area contributed by atoms with Crippen LogP contribution in [0.2, 0.25) is 0 Å². The van der Waals surface area contributed by atoms with Gasteiger partial charge in [-0.3, -0.25) is 4.79 Å². The number of amides is 1. The fraction of sp³-hybridized carbons (Fsp3) is 0.636. The van der Waals surface area contributed by atoms with Crippen molar-refractivity contribution in [2.45, 2.75) is 12.8 Å². The molecule has 0 bridgehead atoms. The summed E-state index contributed by atoms with van der Waals surface area (Å²) < 4.78 is 10.3. The molecule has 0 saturated carbocycles. The normalized spacial score (nSPS) is 29.1. The number of hydrogen-bond acceptors (Lipinski definition) is 4. The molecule has 0 aromatic carbocycles. The number of aromatic nitrogens is 1. The van der Waals surface area contributed by atoms with E-state index in [4.69, 9.17) is 9.26 Å². The van der Waals surface area contributed by atoms with Crippen molar-refractivity contribution < 1.29 is 14.1 Å². The Morgan fingerprint density at radius 1 is 1.50 bits per heavy atom. The van der Waals surface area contributed by atoms with E-state index in [1.807, 2.05) is 4.90 Å². The highest BCUT2D eigenvalue weighted by molar-refractivity contribution is 5.91. The van der Waals surface area contributed by atoms with E-state index in [0.29, 0.717) is 5.76 Å². The second-order valence-corrected chi connectivity index (χ2v) is 4.66. The van der Waals surface area contributed by atoms with E-state index in [2.05, 4.69) is 5.16 Å². The number of hydrogen-bond donors (Lipinski definition) is 0. The number of ether oxygens (including phenoxy) is 1. The SMILES string of the molecule is O=C(c1ccno1)N1CC[C@@]2(CCOC2)C1. The van der Waals surface area contributed by atoms with Crippen LogP contribution in [0.3, 0.4) is 0 Å². The molecule has 5 nitrogen and oxygen atoms in total. The Balaban J connectivity index is 1.72. The number of rotatable bonds is 1. The lowest BCUT2D eigenvalue weighted by molar-refractivity contribution is 0.0724. The molecule has 1 atom stereocenters. The van der Waals surface area contributed by atoms with Gasteiger partial charge in [0, 0.05) is 31.2 Å². The Hall–Kier alpha value is -1.36. The maximum absolute atomic E-state index is 12.0. The van der Waals surface area contributed by atoms with Crippen LogP contribution in [0, 0.1) is 5.41 Å². The predicted octanol–water partition coefficient (Wildman–Crippen LogP) is 0.927. The van der Waals surface area contributed by atoms with Gasteiger partial charge in [-0.05, 0) is 12.8 Å². The van der Waals surface area contributed by atoms with E-state index in [-0.39, 0.29) is 11.3 Å². The maximum Gasteiger partial charge on any atom is 0.292 e. The summed E-state index contributed by atoms with van der Waals surface area (Å²) in [7, 11) is 0. The summed E-state index contributed by atoms with van der Waals surface area (Å²) in [6.07, 6.45) is 3.60. The van der Waals surface area contributed by atoms with Crippen molar-refractivity contribution in [1.82, 2.24) is 10.1 Å². The molecule has 0 unspecified atom stereocenters. The van der Waals surface area contributed by atoms with Crippen molar-refractivity contribution in [3.63, 3.8) is 0 Å². The molecule has 1 aromatic heterocycles. The molecule has 0 aliphatic carbocycles. The predicted molar refractivity (Wildman–Crippen MR) is 54.9 cm³/mol. The van der Waals surface area contributed by atoms with Crippen LogP contribution in [0.25, 0.3) is 0 Å². The maximum atomic E-state index is 12.0. The van der Waals surface area contributed by atoms with E-state index >= 15 is 0 Å². The summed E-state index contributed by atoms with van der Waals surface area (Å²) in [6, 6.07) is 1.61. The van der Waals surface area contributed by atoms with Gasteiger partial charge in [0.2, 0.25) is 5.76 Å². The molecule has 2 saturated heterocycles. The molecule has 2 aliphatic rings. The van der Waals surface area contributed by atoms with Gasteiger partial charge in [-0.2, -0.15) is 0 Å². The molecule has 2 aliphatic heterocycles. The molecule has 0 N–H and O–H groups in total. The standard InChI is InChI=1S/C11H14N2O3/c14-10(9-1-4-12-16-9)13-5-2-11(7-13)3-6-15-8-11/h1,4H,2-3,5-8H2/t11-/m1/s1. The zero-order chi connectivity index (χ0) is 11.0. The number of carbonyl (C=O) groups is 1. The average Bonchev–Trinajstić information content (AvgIpc) is 3.01. The summed E-state index contributed by atoms with van der Waals surface area (Å²) in [5.41, 5.74) is 0.204. The smallest absolute Gasteiger partial charge is 0.292 e. The lowest BCUT2D eigenvalue weighted by Gasteiger charge is -2.21. The van der Waals surface area contributed by atoms with E-state index < -0.39 is 0 Å². The quantitative estimate of drug-likeness (QED) is 0.709. The van der Waals surface area contributed by atoms with Crippen LogP contribution in [0.4, 0.5) is 0 Å². The molecule has 86 valence electrons. The minimum absolute atomic E-state index is 0.0544. The Morgan fingerprint density at radius 3 is 3.12 bits per heavy atom. The van der Waals surface area contributed by atoms with Gasteiger partial charge in [-0.15, -0.1) is 0 Å². The van der Waals surface area contributed by atoms with Gasteiger partial charge in [-0.25, -0.2) is 0 Å². The summed E-state index contributed by atoms with van der Waals surface area (Å²) in [4.78, 5) is 13.8. The first kappa shape index (κ1) is 9.84. The number of nitrogens with zero attached hydrogens (tertiary/aromatic N) is 2. The molecule has 5 heteroatoms. The molecule has 16 heavy (non-hydrogen) atoms. The second-order valence-electron chi connectivity index (χ2n) is 4.66. The Labute approximate surface area is 93.3 Å². The van der Waals surface area contributed by atoms with Gasteiger partial charge in [0.05, 0.1) is 12.8 Å². The molecule has 0 radical (unpaired) electrons. The van der Waals surface area contributed by atoms with Gasteiger partial charge in [0.25, 0.3) is 5.91 Å². The monoisotopic (exact) mass is 222 g/mol. The molecule has 3 rings (SSSR count). The van der Waals surface area contributed by atoms with Crippen LogP contribution >= 0.6 is 0 Å². The van der Waals surface area contributed by atoms with Crippen LogP contribution in [-0.2, 0) is 4.74 Å². The van der Waals surface area contributed by atoms with Crippen LogP contribution in [0.1, 0.15) is 23.4 Å². The third-order valence-electron chi connectivity index (χ3n) is 3.56. The lowest BCUT2D eigenvalue weighted by atomic mass is 9.87. The van der Waals surface area contributed by atoms with E-state index in [1.165, 1.54) is 6.20 Å². The van der Waals surface area contributed by atoms with E-state index in [9.17, 15) is 4.79 Å². The Morgan fingerprint density at radius 2 is 2.44 bits per heavy atom. The van der Waals surface area contributed by atoms with Crippen LogP contribution in [-0.4, -0.2) is 42.3 Å². The highest BCUT2D eigenvalue weighted by atomic mass is 16.5. The lowest BCUT2D eigenvalue weighted by Crippen LogP contribution is -2.32. The fourth-order valence-corrected chi connectivity index (χ4v) is 2.56. The van der Waals surface area contributed by atoms with E-state index in [1.54, 1.807) is 6.07 Å². The third kappa shape index (κ3) is 1.51. The molecule has 1 spiro atoms. The van der Waals surface area contributed by atoms with Crippen LogP contribution < -0.4 is 0 Å². The number of likely N-dealkylation sites (tertiary alicyclic amines) is 1. The topological polar surface area (TPSA) is 55.6 Å². The van der Waals surface area contributed by atoms with Crippen LogP contribution in [0.15, 0.2) is 16.8 Å². The van der Waals surface area contributed by atoms with Gasteiger partial charge >= 0.3 is 0 Å². The second kappa shape index (κ2) is 3.59. The van der Waals surface area contributed by atoms with Crippen molar-refractivity contribution in [3.05, 3.63) is 18.0 Å². The van der Waals surface area contributed by atoms with Crippen molar-refractivity contribution in [2.24, 2.45) is 5.41 Å². The summed E-state index contributed by atoms with van der Waals surface area (Å²) >= 11 is 0.